The van der Waals surface area contributed by atoms with Gasteiger partial charge in [0.25, 0.3) is 0 Å². The summed E-state index contributed by atoms with van der Waals surface area (Å²) in [6.45, 7) is 6.56. The summed E-state index contributed by atoms with van der Waals surface area (Å²) in [7, 11) is 0. The molecule has 8 nitrogen and oxygen atoms in total. The van der Waals surface area contributed by atoms with Gasteiger partial charge in [-0.05, 0) is 18.3 Å². The molecule has 8 heteroatoms. The van der Waals surface area contributed by atoms with Crippen LogP contribution in [0.3, 0.4) is 0 Å². The number of hydrogen-bond acceptors (Lipinski definition) is 5. The molecule has 6 N–H and O–H groups in total. The highest BCUT2D eigenvalue weighted by Crippen LogP contribution is 2.08. The molecular formula is C14H27N3O5. The van der Waals surface area contributed by atoms with E-state index in [-0.39, 0.29) is 11.8 Å². The minimum Gasteiger partial charge on any atom is -0.480 e. The predicted molar refractivity (Wildman–Crippen MR) is 80.9 cm³/mol. The lowest BCUT2D eigenvalue weighted by molar-refractivity contribution is -0.143. The van der Waals surface area contributed by atoms with Crippen LogP contribution < -0.4 is 16.4 Å². The monoisotopic (exact) mass is 317 g/mol. The van der Waals surface area contributed by atoms with Crippen LogP contribution in [0.1, 0.15) is 34.1 Å². The predicted octanol–water partition coefficient (Wildman–Crippen LogP) is -0.938. The van der Waals surface area contributed by atoms with Crippen molar-refractivity contribution in [1.29, 1.82) is 0 Å². The highest BCUT2D eigenvalue weighted by Gasteiger charge is 2.29. The molecule has 0 aromatic carbocycles. The normalized spacial score (nSPS) is 15.3. The van der Waals surface area contributed by atoms with E-state index < -0.39 is 42.5 Å². The van der Waals surface area contributed by atoms with E-state index in [1.807, 2.05) is 13.8 Å². The van der Waals surface area contributed by atoms with Gasteiger partial charge < -0.3 is 26.6 Å². The molecule has 0 aliphatic carbocycles. The van der Waals surface area contributed by atoms with Gasteiger partial charge in [0, 0.05) is 0 Å². The molecule has 0 aromatic heterocycles. The zero-order valence-corrected chi connectivity index (χ0v) is 13.5. The number of carboxylic acid groups (broad SMARTS) is 1. The Morgan fingerprint density at radius 1 is 1.05 bits per heavy atom. The fourth-order valence-corrected chi connectivity index (χ4v) is 1.83. The first kappa shape index (κ1) is 20.3. The fraction of sp³-hybridized carbons (Fsp3) is 0.786. The van der Waals surface area contributed by atoms with Crippen molar-refractivity contribution < 1.29 is 24.6 Å². The van der Waals surface area contributed by atoms with Gasteiger partial charge in [-0.25, -0.2) is 4.79 Å². The summed E-state index contributed by atoms with van der Waals surface area (Å²) in [5.74, 6) is -2.56. The first-order chi connectivity index (χ1) is 10.1. The number of amides is 2. The van der Waals surface area contributed by atoms with E-state index >= 15 is 0 Å². The fourth-order valence-electron chi connectivity index (χ4n) is 1.83. The van der Waals surface area contributed by atoms with Gasteiger partial charge in [0.15, 0.2) is 0 Å². The van der Waals surface area contributed by atoms with Gasteiger partial charge in [-0.15, -0.1) is 0 Å². The lowest BCUT2D eigenvalue weighted by Gasteiger charge is -2.25. The van der Waals surface area contributed by atoms with Crippen LogP contribution in [0.15, 0.2) is 0 Å². The second-order valence-electron chi connectivity index (χ2n) is 6.05. The maximum Gasteiger partial charge on any atom is 0.326 e. The van der Waals surface area contributed by atoms with Crippen LogP contribution in [0.4, 0.5) is 0 Å². The molecule has 2 amide bonds. The number of aliphatic carboxylic acids is 1. The van der Waals surface area contributed by atoms with Crippen molar-refractivity contribution in [3.8, 4) is 0 Å². The molecule has 0 saturated heterocycles. The van der Waals surface area contributed by atoms with Gasteiger partial charge in [0.1, 0.15) is 18.1 Å². The molecule has 0 aliphatic heterocycles. The number of hydrogen-bond donors (Lipinski definition) is 5. The van der Waals surface area contributed by atoms with Gasteiger partial charge in [-0.2, -0.15) is 0 Å². The number of aliphatic hydroxyl groups excluding tert-OH is 1. The van der Waals surface area contributed by atoms with Crippen LogP contribution in [0.5, 0.6) is 0 Å². The molecule has 0 bridgehead atoms. The number of nitrogens with two attached hydrogens (primary N) is 1. The number of aliphatic hydroxyl groups is 1. The molecule has 0 spiro atoms. The molecular weight excluding hydrogens is 290 g/mol. The lowest BCUT2D eigenvalue weighted by atomic mass is 10.00. The van der Waals surface area contributed by atoms with Crippen LogP contribution in [0.25, 0.3) is 0 Å². The molecule has 0 saturated carbocycles. The van der Waals surface area contributed by atoms with E-state index in [2.05, 4.69) is 10.6 Å². The van der Waals surface area contributed by atoms with Gasteiger partial charge in [0.05, 0.1) is 6.61 Å². The van der Waals surface area contributed by atoms with E-state index in [9.17, 15) is 14.4 Å². The van der Waals surface area contributed by atoms with Crippen molar-refractivity contribution in [2.24, 2.45) is 17.6 Å². The van der Waals surface area contributed by atoms with E-state index in [1.165, 1.54) is 0 Å². The summed E-state index contributed by atoms with van der Waals surface area (Å²) in [6.07, 6.45) is 0.333. The topological polar surface area (TPSA) is 142 Å². The number of rotatable bonds is 9. The third kappa shape index (κ3) is 6.86. The first-order valence-electron chi connectivity index (χ1n) is 7.30. The second-order valence-corrected chi connectivity index (χ2v) is 6.05. The Bertz CT molecular complexity index is 398. The number of carbonyl (C=O) groups is 3. The Kier molecular flexibility index (Phi) is 8.66. The summed E-state index contributed by atoms with van der Waals surface area (Å²) < 4.78 is 0. The van der Waals surface area contributed by atoms with Gasteiger partial charge >= 0.3 is 5.97 Å². The first-order valence-corrected chi connectivity index (χ1v) is 7.30. The highest BCUT2D eigenvalue weighted by molar-refractivity contribution is 5.91. The second kappa shape index (κ2) is 9.37. The van der Waals surface area contributed by atoms with Gasteiger partial charge in [0.2, 0.25) is 11.8 Å². The zero-order chi connectivity index (χ0) is 17.4. The minimum atomic E-state index is -1.13. The van der Waals surface area contributed by atoms with Crippen LogP contribution >= 0.6 is 0 Å². The van der Waals surface area contributed by atoms with Crippen molar-refractivity contribution in [3.63, 3.8) is 0 Å². The molecule has 0 rings (SSSR count). The molecule has 3 unspecified atom stereocenters. The van der Waals surface area contributed by atoms with E-state index in [0.29, 0.717) is 6.42 Å². The van der Waals surface area contributed by atoms with Crippen LogP contribution in [0.2, 0.25) is 0 Å². The van der Waals surface area contributed by atoms with E-state index in [0.717, 1.165) is 0 Å². The quantitative estimate of drug-likeness (QED) is 0.372. The SMILES string of the molecule is CC(C)CC(NC(=O)C(N)CO)C(=O)NC(C(=O)O)C(C)C. The molecule has 0 radical (unpaired) electrons. The highest BCUT2D eigenvalue weighted by atomic mass is 16.4. The molecule has 0 aromatic rings. The summed E-state index contributed by atoms with van der Waals surface area (Å²) in [5, 5.41) is 22.9. The third-order valence-corrected chi connectivity index (χ3v) is 3.10. The van der Waals surface area contributed by atoms with Crippen molar-refractivity contribution >= 4 is 17.8 Å². The summed E-state index contributed by atoms with van der Waals surface area (Å²) in [4.78, 5) is 35.1. The largest absolute Gasteiger partial charge is 0.480 e. The molecule has 0 aliphatic rings. The third-order valence-electron chi connectivity index (χ3n) is 3.10. The molecule has 0 fully saturated rings. The Labute approximate surface area is 130 Å². The molecule has 3 atom stereocenters. The van der Waals surface area contributed by atoms with Crippen molar-refractivity contribution in [2.75, 3.05) is 6.61 Å². The Morgan fingerprint density at radius 2 is 1.59 bits per heavy atom. The van der Waals surface area contributed by atoms with Gasteiger partial charge in [-0.1, -0.05) is 27.7 Å². The van der Waals surface area contributed by atoms with Crippen molar-refractivity contribution in [1.82, 2.24) is 10.6 Å². The molecule has 22 heavy (non-hydrogen) atoms. The van der Waals surface area contributed by atoms with Gasteiger partial charge in [-0.3, -0.25) is 9.59 Å². The number of carboxylic acids is 1. The summed E-state index contributed by atoms with van der Waals surface area (Å²) >= 11 is 0. The van der Waals surface area contributed by atoms with Crippen LogP contribution in [-0.2, 0) is 14.4 Å². The summed E-state index contributed by atoms with van der Waals surface area (Å²) in [6, 6.07) is -3.06. The maximum atomic E-state index is 12.3. The number of nitrogens with one attached hydrogen (secondary N) is 2. The standard InChI is InChI=1S/C14H27N3O5/c1-7(2)5-10(16-12(19)9(15)6-18)13(20)17-11(8(3)4)14(21)22/h7-11,18H,5-6,15H2,1-4H3,(H,16,19)(H,17,20)(H,21,22). The smallest absolute Gasteiger partial charge is 0.326 e. The van der Waals surface area contributed by atoms with Crippen LogP contribution in [-0.4, -0.2) is 52.7 Å². The van der Waals surface area contributed by atoms with E-state index in [4.69, 9.17) is 15.9 Å². The molecule has 0 heterocycles. The summed E-state index contributed by atoms with van der Waals surface area (Å²) in [5.41, 5.74) is 5.41. The average molecular weight is 317 g/mol. The Balaban J connectivity index is 4.98. The molecule has 128 valence electrons. The van der Waals surface area contributed by atoms with E-state index in [1.54, 1.807) is 13.8 Å². The van der Waals surface area contributed by atoms with Crippen LogP contribution in [0, 0.1) is 11.8 Å². The Hall–Kier alpha value is -1.67. The Morgan fingerprint density at radius 3 is 1.95 bits per heavy atom. The zero-order valence-electron chi connectivity index (χ0n) is 13.5. The number of carbonyl (C=O) groups excluding carboxylic acids is 2. The lowest BCUT2D eigenvalue weighted by Crippen LogP contribution is -2.56. The average Bonchev–Trinajstić information content (AvgIpc) is 2.41. The maximum absolute atomic E-state index is 12.3. The minimum absolute atomic E-state index is 0.101. The van der Waals surface area contributed by atoms with Crippen molar-refractivity contribution in [2.45, 2.75) is 52.2 Å². The van der Waals surface area contributed by atoms with Crippen molar-refractivity contribution in [3.05, 3.63) is 0 Å².